The Hall–Kier alpha value is -5.31. The molecule has 43 heavy (non-hydrogen) atoms. The van der Waals surface area contributed by atoms with Gasteiger partial charge < -0.3 is 19.9 Å². The summed E-state index contributed by atoms with van der Waals surface area (Å²) < 4.78 is 15.8. The number of aromatic nitrogens is 5. The Morgan fingerprint density at radius 1 is 1.21 bits per heavy atom. The van der Waals surface area contributed by atoms with Gasteiger partial charge in [-0.2, -0.15) is 0 Å². The Kier molecular flexibility index (Phi) is 8.07. The minimum absolute atomic E-state index is 0.0717. The van der Waals surface area contributed by atoms with E-state index < -0.39 is 11.8 Å². The number of aromatic hydroxyl groups is 1. The van der Waals surface area contributed by atoms with E-state index in [2.05, 4.69) is 21.5 Å². The van der Waals surface area contributed by atoms with Gasteiger partial charge in [0.15, 0.2) is 17.2 Å². The minimum atomic E-state index is -0.572. The van der Waals surface area contributed by atoms with Crippen molar-refractivity contribution in [1.29, 1.82) is 0 Å². The van der Waals surface area contributed by atoms with Crippen LogP contribution in [0.15, 0.2) is 40.1 Å². The van der Waals surface area contributed by atoms with Crippen LogP contribution in [0.25, 0.3) is 11.3 Å². The molecule has 2 aromatic carbocycles. The number of methoxy groups -OCH3 is 1. The molecule has 5 rings (SSSR count). The summed E-state index contributed by atoms with van der Waals surface area (Å²) in [5.41, 5.74) is 5.63. The van der Waals surface area contributed by atoms with Gasteiger partial charge in [0.05, 0.1) is 30.7 Å². The number of carbonyl (C=O) groups excluding carboxylic acids is 1. The van der Waals surface area contributed by atoms with Crippen molar-refractivity contribution in [2.45, 2.75) is 40.3 Å². The van der Waals surface area contributed by atoms with Gasteiger partial charge in [-0.05, 0) is 62.1 Å². The number of ether oxygens (including phenoxy) is 2. The van der Waals surface area contributed by atoms with E-state index in [4.69, 9.17) is 20.9 Å². The monoisotopic (exact) mass is 583 g/mol. The predicted octanol–water partition coefficient (Wildman–Crippen LogP) is 2.37. The van der Waals surface area contributed by atoms with Crippen LogP contribution in [0.2, 0.25) is 0 Å². The number of hydrogen-bond donors (Lipinski definition) is 2. The molecule has 3 heterocycles. The van der Waals surface area contributed by atoms with Crippen LogP contribution < -0.4 is 26.0 Å². The van der Waals surface area contributed by atoms with Crippen LogP contribution in [0, 0.1) is 26.2 Å². The summed E-state index contributed by atoms with van der Waals surface area (Å²) >= 11 is 0. The molecule has 0 spiro atoms. The van der Waals surface area contributed by atoms with E-state index in [0.717, 1.165) is 22.3 Å². The van der Waals surface area contributed by atoms with Gasteiger partial charge in [0.1, 0.15) is 5.49 Å². The lowest BCUT2D eigenvalue weighted by Gasteiger charge is -2.25. The van der Waals surface area contributed by atoms with Gasteiger partial charge in [0, 0.05) is 38.3 Å². The molecule has 0 bridgehead atoms. The van der Waals surface area contributed by atoms with Gasteiger partial charge >= 0.3 is 5.69 Å². The van der Waals surface area contributed by atoms with Crippen molar-refractivity contribution < 1.29 is 19.4 Å². The number of carbonyl (C=O) groups is 1. The van der Waals surface area contributed by atoms with E-state index in [1.807, 2.05) is 51.1 Å². The first-order valence-electron chi connectivity index (χ1n) is 13.8. The van der Waals surface area contributed by atoms with Crippen LogP contribution in [0.5, 0.6) is 17.4 Å². The van der Waals surface area contributed by atoms with E-state index in [0.29, 0.717) is 53.5 Å². The van der Waals surface area contributed by atoms with Crippen molar-refractivity contribution in [2.75, 3.05) is 20.3 Å². The highest BCUT2D eigenvalue weighted by molar-refractivity contribution is 5.94. The van der Waals surface area contributed by atoms with Crippen LogP contribution >= 0.6 is 0 Å². The molecular formula is C31H33N7O5. The first-order valence-corrected chi connectivity index (χ1v) is 13.8. The molecule has 4 aromatic rings. The highest BCUT2D eigenvalue weighted by Crippen LogP contribution is 2.37. The number of nitrogens with zero attached hydrogens (tertiary/aromatic N) is 6. The standard InChI is InChI=1S/C31H33N7O5/c1-7-20-14-18(3)13-19(4)27(20)33-26-17-23-22-16-24(42-6)25(43-8-2)15-21(22)9-11-37(23)31(41)38(26)12-10-32-29(39)28-30(40)34-35-36(28)5/h1,13-17,40H,8-12H2,2-6H3,(H,32,39). The fraction of sp³-hybridized carbons (Fsp3) is 0.323. The van der Waals surface area contributed by atoms with E-state index in [9.17, 15) is 14.7 Å². The van der Waals surface area contributed by atoms with Gasteiger partial charge in [-0.3, -0.25) is 13.9 Å². The maximum absolute atomic E-state index is 14.1. The second-order valence-electron chi connectivity index (χ2n) is 10.2. The van der Waals surface area contributed by atoms with Crippen molar-refractivity contribution in [1.82, 2.24) is 29.4 Å². The Morgan fingerprint density at radius 3 is 2.67 bits per heavy atom. The summed E-state index contributed by atoms with van der Waals surface area (Å²) in [5, 5.41) is 19.8. The number of amides is 1. The third kappa shape index (κ3) is 5.49. The molecule has 2 N–H and O–H groups in total. The maximum atomic E-state index is 14.1. The highest BCUT2D eigenvalue weighted by atomic mass is 16.5. The second kappa shape index (κ2) is 11.9. The van der Waals surface area contributed by atoms with Gasteiger partial charge in [0.25, 0.3) is 11.8 Å². The van der Waals surface area contributed by atoms with Crippen molar-refractivity contribution in [2.24, 2.45) is 12.0 Å². The molecule has 0 saturated heterocycles. The molecule has 0 aliphatic carbocycles. The highest BCUT2D eigenvalue weighted by Gasteiger charge is 2.23. The van der Waals surface area contributed by atoms with Crippen molar-refractivity contribution in [3.63, 3.8) is 0 Å². The van der Waals surface area contributed by atoms with Crippen molar-refractivity contribution in [3.8, 4) is 41.0 Å². The summed E-state index contributed by atoms with van der Waals surface area (Å²) in [6.07, 6.45) is 6.47. The summed E-state index contributed by atoms with van der Waals surface area (Å²) in [6, 6.07) is 9.57. The number of aryl methyl sites for hydroxylation is 4. The Balaban J connectivity index is 1.65. The first-order chi connectivity index (χ1) is 20.7. The topological polar surface area (TPSA) is 138 Å². The SMILES string of the molecule is C#Cc1cc(C)cc(C)c1N=c1cc2n(c(=O)n1CCNC(=O)c1c(O)nnn1C)CCc1cc(OCC)c(OC)cc1-2. The lowest BCUT2D eigenvalue weighted by molar-refractivity contribution is 0.0939. The van der Waals surface area contributed by atoms with Crippen LogP contribution in [0.3, 0.4) is 0 Å². The number of terminal acetylenes is 1. The van der Waals surface area contributed by atoms with Gasteiger partial charge in [-0.1, -0.05) is 22.3 Å². The molecule has 222 valence electrons. The number of hydrogen-bond acceptors (Lipinski definition) is 8. The third-order valence-corrected chi connectivity index (χ3v) is 7.34. The van der Waals surface area contributed by atoms with Crippen LogP contribution in [0.1, 0.15) is 39.7 Å². The van der Waals surface area contributed by atoms with E-state index in [1.165, 1.54) is 16.3 Å². The second-order valence-corrected chi connectivity index (χ2v) is 10.2. The number of rotatable bonds is 8. The van der Waals surface area contributed by atoms with Gasteiger partial charge in [-0.15, -0.1) is 6.42 Å². The summed E-state index contributed by atoms with van der Waals surface area (Å²) in [5.74, 6) is 2.88. The van der Waals surface area contributed by atoms with E-state index >= 15 is 0 Å². The molecule has 12 nitrogen and oxygen atoms in total. The zero-order chi connectivity index (χ0) is 30.8. The molecule has 12 heteroatoms. The maximum Gasteiger partial charge on any atom is 0.330 e. The van der Waals surface area contributed by atoms with Crippen LogP contribution in [-0.4, -0.2) is 55.4 Å². The molecule has 0 unspecified atom stereocenters. The molecule has 1 amide bonds. The fourth-order valence-corrected chi connectivity index (χ4v) is 5.37. The number of benzene rings is 2. The molecule has 2 aromatic heterocycles. The van der Waals surface area contributed by atoms with E-state index in [1.54, 1.807) is 11.7 Å². The lowest BCUT2D eigenvalue weighted by atomic mass is 9.97. The zero-order valence-electron chi connectivity index (χ0n) is 24.8. The molecular weight excluding hydrogens is 550 g/mol. The first kappa shape index (κ1) is 29.2. The molecule has 0 radical (unpaired) electrons. The van der Waals surface area contributed by atoms with E-state index in [-0.39, 0.29) is 24.5 Å². The minimum Gasteiger partial charge on any atom is -0.493 e. The average molecular weight is 584 g/mol. The van der Waals surface area contributed by atoms with Crippen LogP contribution in [-0.2, 0) is 26.6 Å². The third-order valence-electron chi connectivity index (χ3n) is 7.34. The number of nitrogens with one attached hydrogen (secondary N) is 1. The predicted molar refractivity (Wildman–Crippen MR) is 160 cm³/mol. The van der Waals surface area contributed by atoms with Crippen LogP contribution in [0.4, 0.5) is 5.69 Å². The molecule has 0 fully saturated rings. The normalized spacial score (nSPS) is 12.3. The molecule has 1 aliphatic heterocycles. The van der Waals surface area contributed by atoms with Gasteiger partial charge in [-0.25, -0.2) is 14.5 Å². The fourth-order valence-electron chi connectivity index (χ4n) is 5.37. The zero-order valence-corrected chi connectivity index (χ0v) is 24.8. The lowest BCUT2D eigenvalue weighted by Crippen LogP contribution is -2.44. The summed E-state index contributed by atoms with van der Waals surface area (Å²) in [6.45, 7) is 6.91. The van der Waals surface area contributed by atoms with Gasteiger partial charge in [0.2, 0.25) is 0 Å². The Bertz CT molecular complexity index is 1890. The number of fused-ring (bicyclic) bond motifs is 3. The Labute approximate surface area is 248 Å². The largest absolute Gasteiger partial charge is 0.493 e. The molecule has 1 aliphatic rings. The molecule has 0 atom stereocenters. The van der Waals surface area contributed by atoms with Crippen molar-refractivity contribution in [3.05, 3.63) is 74.3 Å². The van der Waals surface area contributed by atoms with Crippen molar-refractivity contribution >= 4 is 11.6 Å². The smallest absolute Gasteiger partial charge is 0.330 e. The quantitative estimate of drug-likeness (QED) is 0.304. The average Bonchev–Trinajstić information content (AvgIpc) is 3.32. The molecule has 0 saturated carbocycles. The summed E-state index contributed by atoms with van der Waals surface area (Å²) in [7, 11) is 3.08. The Morgan fingerprint density at radius 2 is 2.00 bits per heavy atom. The summed E-state index contributed by atoms with van der Waals surface area (Å²) in [4.78, 5) is 31.7.